The molecule has 7 heteroatoms. The Morgan fingerprint density at radius 2 is 2.03 bits per heavy atom. The molecule has 0 aliphatic carbocycles. The van der Waals surface area contributed by atoms with Crippen LogP contribution in [0.2, 0.25) is 0 Å². The summed E-state index contributed by atoms with van der Waals surface area (Å²) in [5.74, 6) is 0.644. The third-order valence-electron chi connectivity index (χ3n) is 5.44. The quantitative estimate of drug-likeness (QED) is 0.594. The second kappa shape index (κ2) is 8.49. The number of benzene rings is 1. The normalized spacial score (nSPS) is 21.8. The van der Waals surface area contributed by atoms with E-state index in [1.165, 1.54) is 29.4 Å². The summed E-state index contributed by atoms with van der Waals surface area (Å²) in [6, 6.07) is 10.1. The van der Waals surface area contributed by atoms with E-state index < -0.39 is 24.1 Å². The van der Waals surface area contributed by atoms with Gasteiger partial charge in [-0.2, -0.15) is 4.98 Å². The van der Waals surface area contributed by atoms with E-state index in [-0.39, 0.29) is 18.7 Å². The van der Waals surface area contributed by atoms with Crippen molar-refractivity contribution in [2.45, 2.75) is 57.5 Å². The number of ether oxygens (including phenoxy) is 1. The molecule has 4 rings (SSSR count). The van der Waals surface area contributed by atoms with E-state index in [9.17, 15) is 15.0 Å². The predicted molar refractivity (Wildman–Crippen MR) is 109 cm³/mol. The highest BCUT2D eigenvalue weighted by atomic mass is 16.5. The van der Waals surface area contributed by atoms with Crippen molar-refractivity contribution in [1.82, 2.24) is 9.55 Å². The van der Waals surface area contributed by atoms with Gasteiger partial charge in [-0.05, 0) is 24.5 Å². The molecule has 29 heavy (non-hydrogen) atoms. The van der Waals surface area contributed by atoms with Crippen LogP contribution in [0, 0.1) is 0 Å². The van der Waals surface area contributed by atoms with Gasteiger partial charge >= 0.3 is 5.69 Å². The Hall–Kier alpha value is -2.48. The van der Waals surface area contributed by atoms with E-state index in [4.69, 9.17) is 9.15 Å². The van der Waals surface area contributed by atoms with Crippen molar-refractivity contribution in [3.05, 3.63) is 52.6 Å². The number of hydrogen-bond acceptors (Lipinski definition) is 6. The van der Waals surface area contributed by atoms with Crippen LogP contribution >= 0.6 is 0 Å². The van der Waals surface area contributed by atoms with Gasteiger partial charge in [0, 0.05) is 18.2 Å². The van der Waals surface area contributed by atoms with Crippen LogP contribution in [0.3, 0.4) is 0 Å². The molecule has 3 atom stereocenters. The summed E-state index contributed by atoms with van der Waals surface area (Å²) in [6.45, 7) is 1.90. The lowest BCUT2D eigenvalue weighted by Crippen LogP contribution is -2.27. The summed E-state index contributed by atoms with van der Waals surface area (Å²) in [6.07, 6.45) is 4.38. The summed E-state index contributed by atoms with van der Waals surface area (Å²) in [5, 5.41) is 19.9. The van der Waals surface area contributed by atoms with Gasteiger partial charge in [-0.3, -0.25) is 4.57 Å². The van der Waals surface area contributed by atoms with E-state index in [0.717, 1.165) is 12.0 Å². The molecule has 1 saturated heterocycles. The van der Waals surface area contributed by atoms with Crippen LogP contribution in [0.25, 0.3) is 22.4 Å². The number of aliphatic hydroxyl groups excluding tert-OH is 2. The number of rotatable bonds is 7. The van der Waals surface area contributed by atoms with Crippen LogP contribution in [-0.4, -0.2) is 38.6 Å². The van der Waals surface area contributed by atoms with Crippen molar-refractivity contribution in [1.29, 1.82) is 0 Å². The highest BCUT2D eigenvalue weighted by molar-refractivity contribution is 5.79. The SMILES string of the molecule is CCCCCc1ccc(-c2cc3cn([C@H]4C[C@@H](O)[C@@H](CO)O4)c(=O)nc3o2)cc1. The lowest BCUT2D eigenvalue weighted by atomic mass is 10.0. The number of furan rings is 1. The maximum absolute atomic E-state index is 12.4. The Morgan fingerprint density at radius 1 is 1.24 bits per heavy atom. The number of fused-ring (bicyclic) bond motifs is 1. The van der Waals surface area contributed by atoms with Crippen LogP contribution < -0.4 is 5.69 Å². The molecule has 0 spiro atoms. The molecular formula is C22H26N2O5. The van der Waals surface area contributed by atoms with E-state index in [1.807, 2.05) is 18.2 Å². The van der Waals surface area contributed by atoms with Crippen molar-refractivity contribution < 1.29 is 19.4 Å². The lowest BCUT2D eigenvalue weighted by Gasteiger charge is -2.13. The average Bonchev–Trinajstić information content (AvgIpc) is 3.30. The van der Waals surface area contributed by atoms with E-state index in [2.05, 4.69) is 24.0 Å². The number of nitrogens with zero attached hydrogens (tertiary/aromatic N) is 2. The van der Waals surface area contributed by atoms with Gasteiger partial charge in [-0.15, -0.1) is 0 Å². The van der Waals surface area contributed by atoms with Gasteiger partial charge in [0.15, 0.2) is 0 Å². The summed E-state index contributed by atoms with van der Waals surface area (Å²) in [7, 11) is 0. The third-order valence-corrected chi connectivity index (χ3v) is 5.44. The van der Waals surface area contributed by atoms with Gasteiger partial charge in [-0.25, -0.2) is 4.79 Å². The molecule has 1 aliphatic heterocycles. The zero-order valence-corrected chi connectivity index (χ0v) is 16.5. The maximum Gasteiger partial charge on any atom is 0.353 e. The fraction of sp³-hybridized carbons (Fsp3) is 0.455. The standard InChI is InChI=1S/C22H26N2O5/c1-2-3-4-5-14-6-8-15(9-7-14)18-10-16-12-24(22(27)23-21(16)29-18)20-11-17(26)19(13-25)28-20/h6-10,12,17,19-20,25-26H,2-5,11,13H2,1H3/t17-,19-,20-/m1/s1. The van der Waals surface area contributed by atoms with Gasteiger partial charge in [-0.1, -0.05) is 44.0 Å². The molecule has 0 amide bonds. The van der Waals surface area contributed by atoms with E-state index in [1.54, 1.807) is 6.20 Å². The Kier molecular flexibility index (Phi) is 5.80. The van der Waals surface area contributed by atoms with Gasteiger partial charge in [0.1, 0.15) is 18.1 Å². The molecule has 3 aromatic rings. The largest absolute Gasteiger partial charge is 0.437 e. The molecular weight excluding hydrogens is 372 g/mol. The molecule has 154 valence electrons. The Bertz CT molecular complexity index is 1020. The monoisotopic (exact) mass is 398 g/mol. The molecule has 3 heterocycles. The summed E-state index contributed by atoms with van der Waals surface area (Å²) in [5.41, 5.74) is 1.98. The smallest absolute Gasteiger partial charge is 0.353 e. The van der Waals surface area contributed by atoms with Crippen molar-refractivity contribution in [2.75, 3.05) is 6.61 Å². The number of hydrogen-bond donors (Lipinski definition) is 2. The van der Waals surface area contributed by atoms with Gasteiger partial charge in [0.05, 0.1) is 18.1 Å². The van der Waals surface area contributed by atoms with Crippen molar-refractivity contribution in [2.24, 2.45) is 0 Å². The summed E-state index contributed by atoms with van der Waals surface area (Å²) in [4.78, 5) is 16.4. The second-order valence-electron chi connectivity index (χ2n) is 7.57. The van der Waals surface area contributed by atoms with Crippen molar-refractivity contribution in [3.63, 3.8) is 0 Å². The first kappa shape index (κ1) is 19.8. The number of unbranched alkanes of at least 4 members (excludes halogenated alkanes) is 2. The minimum atomic E-state index is -0.816. The molecule has 0 saturated carbocycles. The Morgan fingerprint density at radius 3 is 2.72 bits per heavy atom. The Labute approximate surface area is 168 Å². The van der Waals surface area contributed by atoms with Crippen LogP contribution in [0.1, 0.15) is 44.4 Å². The molecule has 1 aliphatic rings. The van der Waals surface area contributed by atoms with Gasteiger partial charge < -0.3 is 19.4 Å². The minimum Gasteiger partial charge on any atom is -0.437 e. The maximum atomic E-state index is 12.4. The fourth-order valence-electron chi connectivity index (χ4n) is 3.74. The highest BCUT2D eigenvalue weighted by Crippen LogP contribution is 2.30. The fourth-order valence-corrected chi connectivity index (χ4v) is 3.74. The zero-order valence-electron chi connectivity index (χ0n) is 16.5. The highest BCUT2D eigenvalue weighted by Gasteiger charge is 2.35. The van der Waals surface area contributed by atoms with E-state index in [0.29, 0.717) is 11.1 Å². The van der Waals surface area contributed by atoms with Gasteiger partial charge in [0.25, 0.3) is 0 Å². The number of aromatic nitrogens is 2. The van der Waals surface area contributed by atoms with E-state index >= 15 is 0 Å². The van der Waals surface area contributed by atoms with Crippen LogP contribution in [0.5, 0.6) is 0 Å². The number of aliphatic hydroxyl groups is 2. The predicted octanol–water partition coefficient (Wildman–Crippen LogP) is 3.03. The van der Waals surface area contributed by atoms with Crippen LogP contribution in [0.4, 0.5) is 0 Å². The topological polar surface area (TPSA) is 97.7 Å². The van der Waals surface area contributed by atoms with Crippen molar-refractivity contribution in [3.8, 4) is 11.3 Å². The second-order valence-corrected chi connectivity index (χ2v) is 7.57. The first-order valence-corrected chi connectivity index (χ1v) is 10.2. The van der Waals surface area contributed by atoms with Crippen LogP contribution in [0.15, 0.2) is 45.7 Å². The molecule has 7 nitrogen and oxygen atoms in total. The molecule has 1 aromatic carbocycles. The van der Waals surface area contributed by atoms with Gasteiger partial charge in [0.2, 0.25) is 5.71 Å². The lowest BCUT2D eigenvalue weighted by molar-refractivity contribution is -0.0457. The summed E-state index contributed by atoms with van der Waals surface area (Å²) < 4.78 is 12.7. The molecule has 0 radical (unpaired) electrons. The molecule has 0 unspecified atom stereocenters. The van der Waals surface area contributed by atoms with Crippen LogP contribution in [-0.2, 0) is 11.2 Å². The number of aryl methyl sites for hydroxylation is 1. The average molecular weight is 398 g/mol. The van der Waals surface area contributed by atoms with Crippen molar-refractivity contribution >= 4 is 11.1 Å². The molecule has 2 N–H and O–H groups in total. The first-order valence-electron chi connectivity index (χ1n) is 10.2. The molecule has 0 bridgehead atoms. The molecule has 1 fully saturated rings. The Balaban J connectivity index is 1.58. The molecule has 2 aromatic heterocycles. The summed E-state index contributed by atoms with van der Waals surface area (Å²) >= 11 is 0. The minimum absolute atomic E-state index is 0.225. The zero-order chi connectivity index (χ0) is 20.4. The first-order chi connectivity index (χ1) is 14.1. The third kappa shape index (κ3) is 4.12.